The van der Waals surface area contributed by atoms with E-state index < -0.39 is 38.4 Å². The van der Waals surface area contributed by atoms with Crippen LogP contribution in [0.15, 0.2) is 82.6 Å². The molecule has 1 N–H and O–H groups in total. The van der Waals surface area contributed by atoms with Crippen molar-refractivity contribution in [3.8, 4) is 0 Å². The van der Waals surface area contributed by atoms with Crippen molar-refractivity contribution in [3.63, 3.8) is 0 Å². The molecule has 1 unspecified atom stereocenters. The molecule has 0 fully saturated rings. The first-order chi connectivity index (χ1) is 16.4. The molecule has 7 nitrogen and oxygen atoms in total. The molecule has 35 heavy (non-hydrogen) atoms. The van der Waals surface area contributed by atoms with Gasteiger partial charge in [0.2, 0.25) is 5.91 Å². The van der Waals surface area contributed by atoms with Gasteiger partial charge in [-0.25, -0.2) is 16.8 Å². The average Bonchev–Trinajstić information content (AvgIpc) is 2.80. The Labute approximate surface area is 211 Å². The Hall–Kier alpha value is -2.88. The number of nitrogens with one attached hydrogen (secondary N) is 1. The molecule has 0 radical (unpaired) electrons. The lowest BCUT2D eigenvalue weighted by Crippen LogP contribution is -2.42. The van der Waals surface area contributed by atoms with Crippen LogP contribution in [0.2, 0.25) is 5.02 Å². The van der Waals surface area contributed by atoms with E-state index in [2.05, 4.69) is 5.32 Å². The molecule has 1 amide bonds. The van der Waals surface area contributed by atoms with E-state index in [1.54, 1.807) is 30.3 Å². The quantitative estimate of drug-likeness (QED) is 0.435. The number of halogens is 1. The number of nitrogens with zero attached hydrogens (tertiary/aromatic N) is 1. The molecule has 0 saturated heterocycles. The molecule has 0 aliphatic heterocycles. The molecule has 0 aliphatic rings. The van der Waals surface area contributed by atoms with E-state index in [0.717, 1.165) is 21.7 Å². The van der Waals surface area contributed by atoms with Crippen LogP contribution >= 0.6 is 11.6 Å². The number of benzene rings is 3. The van der Waals surface area contributed by atoms with Gasteiger partial charge in [-0.2, -0.15) is 0 Å². The summed E-state index contributed by atoms with van der Waals surface area (Å²) in [5.74, 6) is -0.497. The molecule has 0 spiro atoms. The van der Waals surface area contributed by atoms with Crippen LogP contribution in [-0.2, 0) is 24.7 Å². The van der Waals surface area contributed by atoms with Crippen LogP contribution in [-0.4, -0.2) is 35.5 Å². The lowest BCUT2D eigenvalue weighted by molar-refractivity contribution is -0.120. The number of sulfone groups is 1. The van der Waals surface area contributed by atoms with E-state index in [0.29, 0.717) is 17.1 Å². The van der Waals surface area contributed by atoms with Crippen LogP contribution in [0, 0.1) is 6.92 Å². The third-order valence-electron chi connectivity index (χ3n) is 5.43. The molecular formula is C25H27ClN2O5S2. The van der Waals surface area contributed by atoms with Gasteiger partial charge < -0.3 is 5.32 Å². The topological polar surface area (TPSA) is 101 Å². The minimum absolute atomic E-state index is 0.0135. The summed E-state index contributed by atoms with van der Waals surface area (Å²) in [6.07, 6.45) is 1.65. The van der Waals surface area contributed by atoms with Gasteiger partial charge in [-0.3, -0.25) is 9.10 Å². The zero-order valence-corrected chi connectivity index (χ0v) is 22.0. The van der Waals surface area contributed by atoms with Gasteiger partial charge in [0.1, 0.15) is 6.54 Å². The molecule has 3 aromatic carbocycles. The minimum atomic E-state index is -4.06. The minimum Gasteiger partial charge on any atom is -0.348 e. The van der Waals surface area contributed by atoms with Crippen molar-refractivity contribution in [2.24, 2.45) is 0 Å². The van der Waals surface area contributed by atoms with Crippen molar-refractivity contribution in [2.45, 2.75) is 36.1 Å². The number of hydrogen-bond donors (Lipinski definition) is 1. The number of anilines is 1. The summed E-state index contributed by atoms with van der Waals surface area (Å²) in [7, 11) is -7.40. The first-order valence-corrected chi connectivity index (χ1v) is 14.6. The number of amides is 1. The van der Waals surface area contributed by atoms with Gasteiger partial charge in [-0.15, -0.1) is 0 Å². The van der Waals surface area contributed by atoms with Crippen LogP contribution in [0.5, 0.6) is 0 Å². The van der Waals surface area contributed by atoms with Crippen molar-refractivity contribution in [3.05, 3.63) is 88.9 Å². The number of sulfonamides is 1. The van der Waals surface area contributed by atoms with Gasteiger partial charge in [-0.1, -0.05) is 42.8 Å². The van der Waals surface area contributed by atoms with Crippen LogP contribution < -0.4 is 9.62 Å². The van der Waals surface area contributed by atoms with Gasteiger partial charge >= 0.3 is 0 Å². The highest BCUT2D eigenvalue weighted by atomic mass is 35.5. The number of aryl methyl sites for hydroxylation is 1. The SMILES string of the molecule is CCC(NC(=O)CN(c1cccc(C)c1)S(=O)(=O)c1ccc(Cl)cc1)c1ccc(S(C)(=O)=O)cc1. The first-order valence-electron chi connectivity index (χ1n) is 10.9. The number of rotatable bonds is 9. The first kappa shape index (κ1) is 26.7. The van der Waals surface area contributed by atoms with E-state index in [1.807, 2.05) is 19.9 Å². The summed E-state index contributed by atoms with van der Waals surface area (Å²) in [4.78, 5) is 13.3. The molecule has 1 atom stereocenters. The number of carbonyl (C=O) groups is 1. The van der Waals surface area contributed by atoms with Gasteiger partial charge in [0.25, 0.3) is 10.0 Å². The Morgan fingerprint density at radius 2 is 1.54 bits per heavy atom. The smallest absolute Gasteiger partial charge is 0.264 e. The monoisotopic (exact) mass is 534 g/mol. The molecule has 0 bridgehead atoms. The molecule has 0 aromatic heterocycles. The highest BCUT2D eigenvalue weighted by molar-refractivity contribution is 7.93. The summed E-state index contributed by atoms with van der Waals surface area (Å²) in [6.45, 7) is 3.27. The molecule has 3 rings (SSSR count). The number of hydrogen-bond acceptors (Lipinski definition) is 5. The zero-order chi connectivity index (χ0) is 25.8. The van der Waals surface area contributed by atoms with E-state index >= 15 is 0 Å². The van der Waals surface area contributed by atoms with E-state index in [9.17, 15) is 21.6 Å². The average molecular weight is 535 g/mol. The second-order valence-corrected chi connectivity index (χ2v) is 12.5. The van der Waals surface area contributed by atoms with E-state index in [4.69, 9.17) is 11.6 Å². The van der Waals surface area contributed by atoms with Crippen LogP contribution in [0.3, 0.4) is 0 Å². The molecule has 10 heteroatoms. The second kappa shape index (κ2) is 10.8. The summed E-state index contributed by atoms with van der Waals surface area (Å²) >= 11 is 5.92. The van der Waals surface area contributed by atoms with Crippen LogP contribution in [0.4, 0.5) is 5.69 Å². The van der Waals surface area contributed by atoms with Crippen molar-refractivity contribution in [1.82, 2.24) is 5.32 Å². The molecule has 0 saturated carbocycles. The maximum atomic E-state index is 13.5. The van der Waals surface area contributed by atoms with Gasteiger partial charge in [0, 0.05) is 11.3 Å². The van der Waals surface area contributed by atoms with Crippen molar-refractivity contribution < 1.29 is 21.6 Å². The summed E-state index contributed by atoms with van der Waals surface area (Å²) in [5, 5.41) is 3.27. The molecular weight excluding hydrogens is 508 g/mol. The summed E-state index contributed by atoms with van der Waals surface area (Å²) in [6, 6.07) is 18.5. The lowest BCUT2D eigenvalue weighted by Gasteiger charge is -2.26. The Morgan fingerprint density at radius 3 is 2.09 bits per heavy atom. The summed E-state index contributed by atoms with van der Waals surface area (Å²) < 4.78 is 51.5. The number of carbonyl (C=O) groups excluding carboxylic acids is 1. The zero-order valence-electron chi connectivity index (χ0n) is 19.6. The van der Waals surface area contributed by atoms with E-state index in [1.165, 1.54) is 36.4 Å². The van der Waals surface area contributed by atoms with Gasteiger partial charge in [-0.05, 0) is 73.0 Å². The molecule has 0 heterocycles. The van der Waals surface area contributed by atoms with Gasteiger partial charge in [0.15, 0.2) is 9.84 Å². The predicted molar refractivity (Wildman–Crippen MR) is 138 cm³/mol. The fourth-order valence-corrected chi connectivity index (χ4v) is 5.74. The highest BCUT2D eigenvalue weighted by Crippen LogP contribution is 2.26. The van der Waals surface area contributed by atoms with Crippen molar-refractivity contribution in [1.29, 1.82) is 0 Å². The van der Waals surface area contributed by atoms with Crippen LogP contribution in [0.25, 0.3) is 0 Å². The maximum Gasteiger partial charge on any atom is 0.264 e. The van der Waals surface area contributed by atoms with Gasteiger partial charge in [0.05, 0.1) is 21.5 Å². The standard InChI is InChI=1S/C25H27ClN2O5S2/c1-4-24(19-8-12-22(13-9-19)34(3,30)31)27-25(29)17-28(21-7-5-6-18(2)16-21)35(32,33)23-14-10-20(26)11-15-23/h5-16,24H,4,17H2,1-3H3,(H,27,29). The third kappa shape index (κ3) is 6.62. The Kier molecular flexibility index (Phi) is 8.25. The molecule has 0 aliphatic carbocycles. The highest BCUT2D eigenvalue weighted by Gasteiger charge is 2.28. The molecule has 3 aromatic rings. The Morgan fingerprint density at radius 1 is 0.943 bits per heavy atom. The van der Waals surface area contributed by atoms with Crippen LogP contribution in [0.1, 0.15) is 30.5 Å². The van der Waals surface area contributed by atoms with Crippen molar-refractivity contribution >= 4 is 43.1 Å². The fourth-order valence-electron chi connectivity index (χ4n) is 3.57. The molecule has 186 valence electrons. The largest absolute Gasteiger partial charge is 0.348 e. The van der Waals surface area contributed by atoms with E-state index in [-0.39, 0.29) is 9.79 Å². The van der Waals surface area contributed by atoms with Crippen molar-refractivity contribution in [2.75, 3.05) is 17.1 Å². The lowest BCUT2D eigenvalue weighted by atomic mass is 10.0. The Balaban J connectivity index is 1.89. The normalized spacial score (nSPS) is 12.7. The second-order valence-electron chi connectivity index (χ2n) is 8.17. The fraction of sp³-hybridized carbons (Fsp3) is 0.240. The third-order valence-corrected chi connectivity index (χ3v) is 8.60. The summed E-state index contributed by atoms with van der Waals surface area (Å²) in [5.41, 5.74) is 1.92. The predicted octanol–water partition coefficient (Wildman–Crippen LogP) is 4.51. The maximum absolute atomic E-state index is 13.5. The Bertz CT molecular complexity index is 1400.